The van der Waals surface area contributed by atoms with E-state index in [1.807, 2.05) is 20.2 Å². The molecule has 21 heavy (non-hydrogen) atoms. The van der Waals surface area contributed by atoms with Crippen molar-refractivity contribution in [3.63, 3.8) is 0 Å². The third kappa shape index (κ3) is 3.06. The third-order valence-corrected chi connectivity index (χ3v) is 5.20. The molecule has 1 heterocycles. The van der Waals surface area contributed by atoms with Crippen LogP contribution in [0, 0.1) is 12.3 Å². The van der Waals surface area contributed by atoms with Gasteiger partial charge in [0.05, 0.1) is 11.6 Å². The van der Waals surface area contributed by atoms with Crippen LogP contribution in [0.5, 0.6) is 0 Å². The Kier molecular flexibility index (Phi) is 4.59. The van der Waals surface area contributed by atoms with Gasteiger partial charge < -0.3 is 15.8 Å². The Morgan fingerprint density at radius 2 is 1.90 bits per heavy atom. The van der Waals surface area contributed by atoms with Crippen LogP contribution in [0.2, 0.25) is 0 Å². The minimum absolute atomic E-state index is 0.0762. The van der Waals surface area contributed by atoms with Crippen LogP contribution < -0.4 is 11.1 Å². The molecule has 4 heteroatoms. The zero-order valence-corrected chi connectivity index (χ0v) is 14.0. The molecule has 3 N–H and O–H groups in total. The Morgan fingerprint density at radius 3 is 2.38 bits per heavy atom. The fourth-order valence-corrected chi connectivity index (χ4v) is 3.60. The number of anilines is 1. The third-order valence-electron chi connectivity index (χ3n) is 5.20. The predicted molar refractivity (Wildman–Crippen MR) is 87.2 cm³/mol. The average Bonchev–Trinajstić information content (AvgIpc) is 2.44. The molecule has 0 aliphatic heterocycles. The van der Waals surface area contributed by atoms with Crippen LogP contribution in [-0.2, 0) is 4.74 Å². The molecule has 1 atom stereocenters. The number of aryl methyl sites for hydroxylation is 1. The van der Waals surface area contributed by atoms with Gasteiger partial charge in [-0.05, 0) is 56.7 Å². The molecule has 1 saturated carbocycles. The lowest BCUT2D eigenvalue weighted by Crippen LogP contribution is -2.48. The average molecular weight is 291 g/mol. The van der Waals surface area contributed by atoms with Crippen LogP contribution in [0.15, 0.2) is 12.3 Å². The van der Waals surface area contributed by atoms with E-state index in [9.17, 15) is 0 Å². The second-order valence-electron chi connectivity index (χ2n) is 7.08. The topological polar surface area (TPSA) is 60.2 Å². The van der Waals surface area contributed by atoms with Crippen molar-refractivity contribution < 1.29 is 4.74 Å². The number of likely N-dealkylation sites (N-methyl/N-ethyl adjacent to an activating group) is 1. The summed E-state index contributed by atoms with van der Waals surface area (Å²) in [7, 11) is 3.81. The van der Waals surface area contributed by atoms with E-state index >= 15 is 0 Å². The van der Waals surface area contributed by atoms with Crippen molar-refractivity contribution in [2.75, 3.05) is 19.9 Å². The first kappa shape index (κ1) is 16.2. The maximum atomic E-state index is 6.16. The van der Waals surface area contributed by atoms with Gasteiger partial charge in [-0.15, -0.1) is 0 Å². The van der Waals surface area contributed by atoms with Gasteiger partial charge in [-0.2, -0.15) is 0 Å². The van der Waals surface area contributed by atoms with Gasteiger partial charge in [0.1, 0.15) is 5.82 Å². The Labute approximate surface area is 128 Å². The number of methoxy groups -OCH3 is 1. The smallest absolute Gasteiger partial charge is 0.128 e. The zero-order valence-electron chi connectivity index (χ0n) is 14.0. The second kappa shape index (κ2) is 5.93. The molecular formula is C17H29N3O. The van der Waals surface area contributed by atoms with Gasteiger partial charge in [-0.25, -0.2) is 4.98 Å². The van der Waals surface area contributed by atoms with E-state index in [0.29, 0.717) is 11.2 Å². The SMILES string of the molecule is CNC(c1c(C)ccnc1N)C1(OC)CCC(C)(C)CC1. The molecule has 0 saturated heterocycles. The molecule has 0 spiro atoms. The van der Waals surface area contributed by atoms with E-state index in [-0.39, 0.29) is 11.6 Å². The molecule has 1 aromatic heterocycles. The van der Waals surface area contributed by atoms with E-state index < -0.39 is 0 Å². The Morgan fingerprint density at radius 1 is 1.29 bits per heavy atom. The molecule has 118 valence electrons. The van der Waals surface area contributed by atoms with E-state index in [1.165, 1.54) is 5.56 Å². The maximum absolute atomic E-state index is 6.16. The van der Waals surface area contributed by atoms with E-state index in [0.717, 1.165) is 31.2 Å². The monoisotopic (exact) mass is 291 g/mol. The molecule has 0 radical (unpaired) electrons. The largest absolute Gasteiger partial charge is 0.383 e. The minimum Gasteiger partial charge on any atom is -0.383 e. The van der Waals surface area contributed by atoms with Gasteiger partial charge in [-0.1, -0.05) is 13.8 Å². The molecule has 1 aromatic rings. The molecule has 1 aliphatic carbocycles. The van der Waals surface area contributed by atoms with Crippen LogP contribution in [-0.4, -0.2) is 24.7 Å². The predicted octanol–water partition coefficient (Wildman–Crippen LogP) is 3.22. The second-order valence-corrected chi connectivity index (χ2v) is 7.08. The van der Waals surface area contributed by atoms with Gasteiger partial charge in [0.2, 0.25) is 0 Å². The zero-order chi connectivity index (χ0) is 15.7. The summed E-state index contributed by atoms with van der Waals surface area (Å²) in [6, 6.07) is 2.10. The van der Waals surface area contributed by atoms with E-state index in [1.54, 1.807) is 6.20 Å². The van der Waals surface area contributed by atoms with Gasteiger partial charge in [0, 0.05) is 18.9 Å². The van der Waals surface area contributed by atoms with E-state index in [2.05, 4.69) is 31.1 Å². The lowest BCUT2D eigenvalue weighted by atomic mass is 9.67. The van der Waals surface area contributed by atoms with Gasteiger partial charge in [-0.3, -0.25) is 0 Å². The van der Waals surface area contributed by atoms with Crippen molar-refractivity contribution >= 4 is 5.82 Å². The number of hydrogen-bond donors (Lipinski definition) is 2. The molecule has 2 rings (SSSR count). The van der Waals surface area contributed by atoms with Crippen LogP contribution in [0.25, 0.3) is 0 Å². The molecule has 1 fully saturated rings. The number of rotatable bonds is 4. The number of nitrogens with two attached hydrogens (primary N) is 1. The Hall–Kier alpha value is -1.13. The van der Waals surface area contributed by atoms with Crippen molar-refractivity contribution in [1.29, 1.82) is 0 Å². The summed E-state index contributed by atoms with van der Waals surface area (Å²) in [5, 5.41) is 3.44. The van der Waals surface area contributed by atoms with Crippen molar-refractivity contribution in [3.8, 4) is 0 Å². The summed E-state index contributed by atoms with van der Waals surface area (Å²) in [4.78, 5) is 4.28. The van der Waals surface area contributed by atoms with E-state index in [4.69, 9.17) is 10.5 Å². The summed E-state index contributed by atoms with van der Waals surface area (Å²) < 4.78 is 6.04. The molecule has 0 aromatic carbocycles. The number of nitrogen functional groups attached to an aromatic ring is 1. The summed E-state index contributed by atoms with van der Waals surface area (Å²) in [6.07, 6.45) is 6.17. The standard InChI is InChI=1S/C17H29N3O/c1-12-6-11-20-15(18)13(12)14(19-4)17(21-5)9-7-16(2,3)8-10-17/h6,11,14,19H,7-10H2,1-5H3,(H2,18,20). The number of nitrogens with one attached hydrogen (secondary N) is 1. The van der Waals surface area contributed by atoms with Crippen molar-refractivity contribution in [1.82, 2.24) is 10.3 Å². The van der Waals surface area contributed by atoms with Crippen LogP contribution >= 0.6 is 0 Å². The highest BCUT2D eigenvalue weighted by Gasteiger charge is 2.45. The van der Waals surface area contributed by atoms with Crippen LogP contribution in [0.4, 0.5) is 5.82 Å². The first-order valence-electron chi connectivity index (χ1n) is 7.79. The van der Waals surface area contributed by atoms with Crippen LogP contribution in [0.3, 0.4) is 0 Å². The number of aromatic nitrogens is 1. The van der Waals surface area contributed by atoms with Crippen LogP contribution in [0.1, 0.15) is 56.7 Å². The molecule has 1 unspecified atom stereocenters. The first-order valence-corrected chi connectivity index (χ1v) is 7.79. The molecular weight excluding hydrogens is 262 g/mol. The number of nitrogens with zero attached hydrogens (tertiary/aromatic N) is 1. The summed E-state index contributed by atoms with van der Waals surface area (Å²) in [5.74, 6) is 0.607. The summed E-state index contributed by atoms with van der Waals surface area (Å²) >= 11 is 0. The summed E-state index contributed by atoms with van der Waals surface area (Å²) in [5.41, 5.74) is 8.62. The number of pyridine rings is 1. The number of ether oxygens (including phenoxy) is 1. The summed E-state index contributed by atoms with van der Waals surface area (Å²) in [6.45, 7) is 6.77. The lowest BCUT2D eigenvalue weighted by Gasteiger charge is -2.47. The maximum Gasteiger partial charge on any atom is 0.128 e. The lowest BCUT2D eigenvalue weighted by molar-refractivity contribution is -0.0862. The van der Waals surface area contributed by atoms with Gasteiger partial charge >= 0.3 is 0 Å². The Balaban J connectivity index is 2.39. The number of hydrogen-bond acceptors (Lipinski definition) is 4. The minimum atomic E-state index is -0.202. The molecule has 1 aliphatic rings. The molecule has 0 bridgehead atoms. The normalized spacial score (nSPS) is 22.0. The molecule has 4 nitrogen and oxygen atoms in total. The fraction of sp³-hybridized carbons (Fsp3) is 0.706. The molecule has 0 amide bonds. The highest BCUT2D eigenvalue weighted by molar-refractivity contribution is 5.47. The van der Waals surface area contributed by atoms with Crippen molar-refractivity contribution in [2.45, 2.75) is 58.1 Å². The Bertz CT molecular complexity index is 469. The fourth-order valence-electron chi connectivity index (χ4n) is 3.60. The van der Waals surface area contributed by atoms with Crippen molar-refractivity contribution in [2.24, 2.45) is 5.41 Å². The quantitative estimate of drug-likeness (QED) is 0.894. The first-order chi connectivity index (χ1) is 9.85. The van der Waals surface area contributed by atoms with Gasteiger partial charge in [0.25, 0.3) is 0 Å². The van der Waals surface area contributed by atoms with Gasteiger partial charge in [0.15, 0.2) is 0 Å². The highest BCUT2D eigenvalue weighted by Crippen LogP contribution is 2.48. The van der Waals surface area contributed by atoms with Crippen molar-refractivity contribution in [3.05, 3.63) is 23.4 Å². The highest BCUT2D eigenvalue weighted by atomic mass is 16.5.